The van der Waals surface area contributed by atoms with Gasteiger partial charge in [0.1, 0.15) is 0 Å². The zero-order valence-corrected chi connectivity index (χ0v) is 15.4. The number of hydrogen-bond donors (Lipinski definition) is 1. The fourth-order valence-electron chi connectivity index (χ4n) is 3.70. The molecular formula is C22H25NO3. The molecular weight excluding hydrogens is 326 g/mol. The number of benzene rings is 2. The van der Waals surface area contributed by atoms with E-state index in [0.717, 1.165) is 30.4 Å². The van der Waals surface area contributed by atoms with Gasteiger partial charge in [-0.05, 0) is 43.0 Å². The average Bonchev–Trinajstić information content (AvgIpc) is 2.64. The fourth-order valence-corrected chi connectivity index (χ4v) is 3.70. The van der Waals surface area contributed by atoms with Gasteiger partial charge in [-0.3, -0.25) is 9.59 Å². The van der Waals surface area contributed by atoms with Crippen LogP contribution in [0.2, 0.25) is 0 Å². The average molecular weight is 351 g/mol. The summed E-state index contributed by atoms with van der Waals surface area (Å²) in [7, 11) is 1.79. The molecule has 1 aliphatic rings. The molecule has 0 radical (unpaired) electrons. The SMILES string of the molecule is CC(=O)c1ccccc1-c1cccc(C(=O)N(C)CC2(CO)CCC2)c1. The minimum atomic E-state index is -0.136. The zero-order chi connectivity index (χ0) is 18.7. The highest BCUT2D eigenvalue weighted by molar-refractivity contribution is 6.02. The molecule has 1 fully saturated rings. The Labute approximate surface area is 154 Å². The highest BCUT2D eigenvalue weighted by Crippen LogP contribution is 2.41. The van der Waals surface area contributed by atoms with Crippen LogP contribution in [0.4, 0.5) is 0 Å². The van der Waals surface area contributed by atoms with Crippen molar-refractivity contribution in [1.29, 1.82) is 0 Å². The number of Topliss-reactive ketones (excluding diaryl/α,β-unsaturated/α-hetero) is 1. The first-order chi connectivity index (χ1) is 12.5. The molecule has 2 aromatic rings. The van der Waals surface area contributed by atoms with Crippen molar-refractivity contribution in [2.24, 2.45) is 5.41 Å². The van der Waals surface area contributed by atoms with E-state index in [1.54, 1.807) is 31.0 Å². The molecule has 4 heteroatoms. The topological polar surface area (TPSA) is 57.6 Å². The molecule has 0 bridgehead atoms. The van der Waals surface area contributed by atoms with Crippen LogP contribution < -0.4 is 0 Å². The first-order valence-electron chi connectivity index (χ1n) is 9.02. The Morgan fingerprint density at radius 2 is 1.85 bits per heavy atom. The molecule has 4 nitrogen and oxygen atoms in total. The van der Waals surface area contributed by atoms with E-state index in [0.29, 0.717) is 17.7 Å². The molecule has 0 atom stereocenters. The first kappa shape index (κ1) is 18.3. The molecule has 1 amide bonds. The molecule has 0 unspecified atom stereocenters. The van der Waals surface area contributed by atoms with Gasteiger partial charge < -0.3 is 10.0 Å². The van der Waals surface area contributed by atoms with Crippen molar-refractivity contribution < 1.29 is 14.7 Å². The number of amides is 1. The van der Waals surface area contributed by atoms with E-state index in [1.165, 1.54) is 0 Å². The van der Waals surface area contributed by atoms with Crippen molar-refractivity contribution >= 4 is 11.7 Å². The Bertz CT molecular complexity index is 818. The standard InChI is InChI=1S/C22H25NO3/c1-16(25)19-9-3-4-10-20(19)17-7-5-8-18(13-17)21(26)23(2)14-22(15-24)11-6-12-22/h3-5,7-10,13,24H,6,11-12,14-15H2,1-2H3. The first-order valence-corrected chi connectivity index (χ1v) is 9.02. The van der Waals surface area contributed by atoms with E-state index in [4.69, 9.17) is 0 Å². The molecule has 3 rings (SSSR count). The number of aliphatic hydroxyl groups is 1. The van der Waals surface area contributed by atoms with Gasteiger partial charge in [0.2, 0.25) is 0 Å². The largest absolute Gasteiger partial charge is 0.396 e. The molecule has 0 aliphatic heterocycles. The monoisotopic (exact) mass is 351 g/mol. The van der Waals surface area contributed by atoms with Crippen LogP contribution in [0.25, 0.3) is 11.1 Å². The maximum atomic E-state index is 12.9. The van der Waals surface area contributed by atoms with Crippen LogP contribution in [0.1, 0.15) is 46.9 Å². The van der Waals surface area contributed by atoms with Gasteiger partial charge in [0.25, 0.3) is 5.91 Å². The summed E-state index contributed by atoms with van der Waals surface area (Å²) in [6.45, 7) is 2.24. The summed E-state index contributed by atoms with van der Waals surface area (Å²) in [5.74, 6) is -0.0591. The normalized spacial score (nSPS) is 15.2. The van der Waals surface area contributed by atoms with E-state index in [1.807, 2.05) is 36.4 Å². The number of nitrogens with zero attached hydrogens (tertiary/aromatic N) is 1. The van der Waals surface area contributed by atoms with Crippen LogP contribution in [0, 0.1) is 5.41 Å². The van der Waals surface area contributed by atoms with Crippen molar-refractivity contribution in [3.8, 4) is 11.1 Å². The summed E-state index contributed by atoms with van der Waals surface area (Å²) in [5.41, 5.74) is 2.80. The third-order valence-electron chi connectivity index (χ3n) is 5.40. The van der Waals surface area contributed by atoms with E-state index in [9.17, 15) is 14.7 Å². The van der Waals surface area contributed by atoms with E-state index in [2.05, 4.69) is 0 Å². The van der Waals surface area contributed by atoms with Crippen LogP contribution in [-0.4, -0.2) is 41.9 Å². The summed E-state index contributed by atoms with van der Waals surface area (Å²) in [6.07, 6.45) is 3.04. The number of rotatable bonds is 6. The lowest BCUT2D eigenvalue weighted by Gasteiger charge is -2.42. The predicted octanol–water partition coefficient (Wildman–Crippen LogP) is 3.79. The third kappa shape index (κ3) is 3.56. The Morgan fingerprint density at radius 1 is 1.12 bits per heavy atom. The molecule has 0 heterocycles. The molecule has 26 heavy (non-hydrogen) atoms. The molecule has 136 valence electrons. The van der Waals surface area contributed by atoms with Gasteiger partial charge in [-0.15, -0.1) is 0 Å². The lowest BCUT2D eigenvalue weighted by molar-refractivity contribution is 0.0146. The van der Waals surface area contributed by atoms with E-state index < -0.39 is 0 Å². The second-order valence-electron chi connectivity index (χ2n) is 7.36. The second kappa shape index (κ2) is 7.42. The lowest BCUT2D eigenvalue weighted by atomic mass is 9.69. The van der Waals surface area contributed by atoms with Gasteiger partial charge in [-0.2, -0.15) is 0 Å². The number of carbonyl (C=O) groups excluding carboxylic acids is 2. The Hall–Kier alpha value is -2.46. The van der Waals surface area contributed by atoms with Crippen LogP contribution in [0.15, 0.2) is 48.5 Å². The van der Waals surface area contributed by atoms with Crippen LogP contribution in [0.3, 0.4) is 0 Å². The summed E-state index contributed by atoms with van der Waals surface area (Å²) in [6, 6.07) is 14.8. The van der Waals surface area contributed by atoms with Crippen molar-refractivity contribution in [3.05, 3.63) is 59.7 Å². The molecule has 0 spiro atoms. The highest BCUT2D eigenvalue weighted by atomic mass is 16.3. The minimum absolute atomic E-state index is 0.00400. The molecule has 2 aromatic carbocycles. The fraction of sp³-hybridized carbons (Fsp3) is 0.364. The van der Waals surface area contributed by atoms with Gasteiger partial charge in [-0.1, -0.05) is 42.8 Å². The summed E-state index contributed by atoms with van der Waals surface area (Å²) >= 11 is 0. The number of ketones is 1. The lowest BCUT2D eigenvalue weighted by Crippen LogP contribution is -2.45. The highest BCUT2D eigenvalue weighted by Gasteiger charge is 2.38. The number of aliphatic hydroxyl groups excluding tert-OH is 1. The number of carbonyl (C=O) groups is 2. The molecule has 1 aliphatic carbocycles. The van der Waals surface area contributed by atoms with Crippen LogP contribution >= 0.6 is 0 Å². The molecule has 1 saturated carbocycles. The van der Waals surface area contributed by atoms with Gasteiger partial charge in [0.05, 0.1) is 6.61 Å². The van der Waals surface area contributed by atoms with Gasteiger partial charge >= 0.3 is 0 Å². The summed E-state index contributed by atoms with van der Waals surface area (Å²) in [4.78, 5) is 26.5. The van der Waals surface area contributed by atoms with Gasteiger partial charge in [-0.25, -0.2) is 0 Å². The molecule has 1 N–H and O–H groups in total. The van der Waals surface area contributed by atoms with Crippen LogP contribution in [0.5, 0.6) is 0 Å². The van der Waals surface area contributed by atoms with Crippen molar-refractivity contribution in [1.82, 2.24) is 4.90 Å². The number of hydrogen-bond acceptors (Lipinski definition) is 3. The minimum Gasteiger partial charge on any atom is -0.396 e. The maximum absolute atomic E-state index is 12.9. The van der Waals surface area contributed by atoms with Gasteiger partial charge in [0.15, 0.2) is 5.78 Å². The Kier molecular flexibility index (Phi) is 5.23. The Balaban J connectivity index is 1.85. The second-order valence-corrected chi connectivity index (χ2v) is 7.36. The predicted molar refractivity (Wildman–Crippen MR) is 102 cm³/mol. The Morgan fingerprint density at radius 3 is 2.46 bits per heavy atom. The molecule has 0 saturated heterocycles. The molecule has 0 aromatic heterocycles. The van der Waals surface area contributed by atoms with Crippen molar-refractivity contribution in [2.75, 3.05) is 20.2 Å². The summed E-state index contributed by atoms with van der Waals surface area (Å²) < 4.78 is 0. The van der Waals surface area contributed by atoms with E-state index >= 15 is 0 Å². The smallest absolute Gasteiger partial charge is 0.253 e. The third-order valence-corrected chi connectivity index (χ3v) is 5.40. The van der Waals surface area contributed by atoms with E-state index in [-0.39, 0.29) is 23.7 Å². The van der Waals surface area contributed by atoms with Crippen molar-refractivity contribution in [2.45, 2.75) is 26.2 Å². The quantitative estimate of drug-likeness (QED) is 0.806. The van der Waals surface area contributed by atoms with Crippen LogP contribution in [-0.2, 0) is 0 Å². The van der Waals surface area contributed by atoms with Crippen molar-refractivity contribution in [3.63, 3.8) is 0 Å². The zero-order valence-electron chi connectivity index (χ0n) is 15.4. The maximum Gasteiger partial charge on any atom is 0.253 e. The summed E-state index contributed by atoms with van der Waals surface area (Å²) in [5, 5.41) is 9.64. The van der Waals surface area contributed by atoms with Gasteiger partial charge in [0, 0.05) is 30.1 Å².